The van der Waals surface area contributed by atoms with E-state index < -0.39 is 0 Å². The highest BCUT2D eigenvalue weighted by Crippen LogP contribution is 2.31. The number of ether oxygens (including phenoxy) is 1. The zero-order chi connectivity index (χ0) is 19.5. The second-order valence-electron chi connectivity index (χ2n) is 6.45. The van der Waals surface area contributed by atoms with Crippen molar-refractivity contribution in [3.63, 3.8) is 0 Å². The number of benzene rings is 2. The van der Waals surface area contributed by atoms with Gasteiger partial charge in [0.15, 0.2) is 0 Å². The molecule has 0 aliphatic carbocycles. The van der Waals surface area contributed by atoms with Crippen LogP contribution < -0.4 is 0 Å². The molecule has 2 aromatic carbocycles. The van der Waals surface area contributed by atoms with Gasteiger partial charge in [-0.3, -0.25) is 0 Å². The molecule has 28 heavy (non-hydrogen) atoms. The molecule has 0 unspecified atom stereocenters. The molecule has 140 valence electrons. The molecule has 2 aromatic heterocycles. The second-order valence-corrected chi connectivity index (χ2v) is 6.45. The number of hydrogen-bond acceptors (Lipinski definition) is 6. The summed E-state index contributed by atoms with van der Waals surface area (Å²) < 4.78 is 10.9. The lowest BCUT2D eigenvalue weighted by Gasteiger charge is -2.12. The monoisotopic (exact) mass is 373 g/mol. The van der Waals surface area contributed by atoms with Gasteiger partial charge in [-0.15, -0.1) is 0 Å². The number of hydrogen-bond donors (Lipinski definition) is 1. The Balaban J connectivity index is 1.72. The van der Waals surface area contributed by atoms with Gasteiger partial charge in [-0.25, -0.2) is 4.98 Å². The van der Waals surface area contributed by atoms with Crippen molar-refractivity contribution in [2.75, 3.05) is 7.11 Å². The zero-order valence-corrected chi connectivity index (χ0v) is 15.6. The molecule has 0 radical (unpaired) electrons. The van der Waals surface area contributed by atoms with Crippen molar-refractivity contribution in [2.24, 2.45) is 0 Å². The molecular formula is C22H19N3O3. The number of aryl methyl sites for hydroxylation is 1. The maximum Gasteiger partial charge on any atom is 0.258 e. The topological polar surface area (TPSA) is 81.3 Å². The minimum atomic E-state index is -0.0523. The Morgan fingerprint density at radius 1 is 1.00 bits per heavy atom. The molecule has 0 aliphatic rings. The van der Waals surface area contributed by atoms with Crippen LogP contribution in [0.4, 0.5) is 0 Å². The van der Waals surface area contributed by atoms with Gasteiger partial charge < -0.3 is 14.4 Å². The first-order valence-electron chi connectivity index (χ1n) is 8.83. The van der Waals surface area contributed by atoms with E-state index in [2.05, 4.69) is 40.2 Å². The van der Waals surface area contributed by atoms with Crippen molar-refractivity contribution in [1.29, 1.82) is 0 Å². The van der Waals surface area contributed by atoms with Crippen molar-refractivity contribution in [2.45, 2.75) is 13.5 Å². The normalized spacial score (nSPS) is 10.9. The van der Waals surface area contributed by atoms with E-state index >= 15 is 0 Å². The zero-order valence-electron chi connectivity index (χ0n) is 15.6. The third kappa shape index (κ3) is 3.50. The van der Waals surface area contributed by atoms with E-state index in [0.29, 0.717) is 23.9 Å². The minimum Gasteiger partial charge on any atom is -0.493 e. The molecule has 1 N–H and O–H groups in total. The molecule has 6 nitrogen and oxygen atoms in total. The first-order chi connectivity index (χ1) is 13.7. The maximum absolute atomic E-state index is 9.32. The fourth-order valence-corrected chi connectivity index (χ4v) is 3.12. The first-order valence-corrected chi connectivity index (χ1v) is 8.83. The lowest BCUT2D eigenvalue weighted by Crippen LogP contribution is -1.95. The van der Waals surface area contributed by atoms with Crippen LogP contribution in [0.3, 0.4) is 0 Å². The summed E-state index contributed by atoms with van der Waals surface area (Å²) in [6, 6.07) is 17.5. The molecule has 4 aromatic rings. The van der Waals surface area contributed by atoms with E-state index in [1.165, 1.54) is 23.4 Å². The second kappa shape index (κ2) is 7.62. The number of methoxy groups -OCH3 is 1. The van der Waals surface area contributed by atoms with Gasteiger partial charge in [0, 0.05) is 30.5 Å². The molecular weight excluding hydrogens is 354 g/mol. The lowest BCUT2D eigenvalue weighted by atomic mass is 9.94. The van der Waals surface area contributed by atoms with Crippen molar-refractivity contribution in [3.8, 4) is 39.8 Å². The number of aromatic hydroxyl groups is 1. The standard InChI is InChI=1S/C22H19N3O3/c1-14-5-3-4-6-18(14)19-9-7-15(11-17(19)13-27-2)22-24-21(25-28-22)16-8-10-20(26)23-12-16/h3-12H,13H2,1-2H3,(H,23,26). The summed E-state index contributed by atoms with van der Waals surface area (Å²) in [5.74, 6) is 0.777. The van der Waals surface area contributed by atoms with Crippen molar-refractivity contribution < 1.29 is 14.4 Å². The summed E-state index contributed by atoms with van der Waals surface area (Å²) in [7, 11) is 1.68. The molecule has 0 bridgehead atoms. The molecule has 6 heteroatoms. The Kier molecular flexibility index (Phi) is 4.87. The summed E-state index contributed by atoms with van der Waals surface area (Å²) >= 11 is 0. The fourth-order valence-electron chi connectivity index (χ4n) is 3.12. The van der Waals surface area contributed by atoms with Crippen LogP contribution in [0.15, 0.2) is 65.3 Å². The van der Waals surface area contributed by atoms with Gasteiger partial charge in [-0.05, 0) is 47.4 Å². The summed E-state index contributed by atoms with van der Waals surface area (Å²) in [5, 5.41) is 13.3. The van der Waals surface area contributed by atoms with Crippen LogP contribution in [0.2, 0.25) is 0 Å². The summed E-state index contributed by atoms with van der Waals surface area (Å²) in [6.07, 6.45) is 1.50. The van der Waals surface area contributed by atoms with E-state index in [1.807, 2.05) is 24.3 Å². The maximum atomic E-state index is 9.32. The quantitative estimate of drug-likeness (QED) is 0.549. The Morgan fingerprint density at radius 2 is 1.82 bits per heavy atom. The molecule has 0 spiro atoms. The van der Waals surface area contributed by atoms with E-state index in [4.69, 9.17) is 9.26 Å². The molecule has 0 amide bonds. The Hall–Kier alpha value is -3.51. The van der Waals surface area contributed by atoms with Crippen molar-refractivity contribution >= 4 is 0 Å². The fraction of sp³-hybridized carbons (Fsp3) is 0.136. The van der Waals surface area contributed by atoms with Crippen molar-refractivity contribution in [3.05, 3.63) is 71.9 Å². The average Bonchev–Trinajstić information content (AvgIpc) is 3.20. The van der Waals surface area contributed by atoms with Gasteiger partial charge in [-0.1, -0.05) is 35.5 Å². The van der Waals surface area contributed by atoms with E-state index in [9.17, 15) is 5.11 Å². The van der Waals surface area contributed by atoms with Crippen LogP contribution in [-0.4, -0.2) is 27.3 Å². The average molecular weight is 373 g/mol. The smallest absolute Gasteiger partial charge is 0.258 e. The Morgan fingerprint density at radius 3 is 2.57 bits per heavy atom. The minimum absolute atomic E-state index is 0.0523. The summed E-state index contributed by atoms with van der Waals surface area (Å²) in [4.78, 5) is 8.31. The van der Waals surface area contributed by atoms with Crippen molar-refractivity contribution in [1.82, 2.24) is 15.1 Å². The Labute approximate surface area is 162 Å². The molecule has 2 heterocycles. The molecule has 0 saturated carbocycles. The largest absolute Gasteiger partial charge is 0.493 e. The van der Waals surface area contributed by atoms with Crippen LogP contribution in [0.1, 0.15) is 11.1 Å². The lowest BCUT2D eigenvalue weighted by molar-refractivity contribution is 0.185. The predicted molar refractivity (Wildman–Crippen MR) is 106 cm³/mol. The van der Waals surface area contributed by atoms with E-state index in [0.717, 1.165) is 16.7 Å². The molecule has 0 aliphatic heterocycles. The summed E-state index contributed by atoms with van der Waals surface area (Å²) in [6.45, 7) is 2.57. The van der Waals surface area contributed by atoms with Gasteiger partial charge in [0.2, 0.25) is 11.7 Å². The van der Waals surface area contributed by atoms with Gasteiger partial charge in [0.25, 0.3) is 5.89 Å². The number of pyridine rings is 1. The highest BCUT2D eigenvalue weighted by Gasteiger charge is 2.14. The van der Waals surface area contributed by atoms with Crippen LogP contribution in [0, 0.1) is 6.92 Å². The van der Waals surface area contributed by atoms with Crippen LogP contribution >= 0.6 is 0 Å². The van der Waals surface area contributed by atoms with Gasteiger partial charge in [0.1, 0.15) is 0 Å². The number of aromatic nitrogens is 3. The summed E-state index contributed by atoms with van der Waals surface area (Å²) in [5.41, 5.74) is 6.01. The molecule has 0 atom stereocenters. The van der Waals surface area contributed by atoms with Gasteiger partial charge in [0.05, 0.1) is 6.61 Å². The number of rotatable bonds is 5. The first kappa shape index (κ1) is 17.9. The van der Waals surface area contributed by atoms with Crippen LogP contribution in [0.5, 0.6) is 5.88 Å². The highest BCUT2D eigenvalue weighted by molar-refractivity contribution is 5.74. The molecule has 0 saturated heterocycles. The van der Waals surface area contributed by atoms with E-state index in [-0.39, 0.29) is 5.88 Å². The van der Waals surface area contributed by atoms with Crippen LogP contribution in [-0.2, 0) is 11.3 Å². The predicted octanol–water partition coefficient (Wildman–Crippen LogP) is 4.63. The van der Waals surface area contributed by atoms with E-state index in [1.54, 1.807) is 13.2 Å². The molecule has 4 rings (SSSR count). The molecule has 0 fully saturated rings. The van der Waals surface area contributed by atoms with Gasteiger partial charge >= 0.3 is 0 Å². The van der Waals surface area contributed by atoms with Crippen LogP contribution in [0.25, 0.3) is 34.0 Å². The highest BCUT2D eigenvalue weighted by atomic mass is 16.5. The number of nitrogens with zero attached hydrogens (tertiary/aromatic N) is 3. The van der Waals surface area contributed by atoms with Gasteiger partial charge in [-0.2, -0.15) is 4.98 Å². The Bertz CT molecular complexity index is 1100. The third-order valence-corrected chi connectivity index (χ3v) is 4.52. The SMILES string of the molecule is COCc1cc(-c2nc(-c3ccc(O)nc3)no2)ccc1-c1ccccc1C. The third-order valence-electron chi connectivity index (χ3n) is 4.52.